The molecular weight excluding hydrogens is 238 g/mol. The third kappa shape index (κ3) is 2.96. The van der Waals surface area contributed by atoms with Crippen molar-refractivity contribution in [1.82, 2.24) is 10.2 Å². The van der Waals surface area contributed by atoms with E-state index in [-0.39, 0.29) is 0 Å². The van der Waals surface area contributed by atoms with Crippen LogP contribution >= 0.6 is 0 Å². The number of nitrogens with two attached hydrogens (primary N) is 1. The first-order valence-electron chi connectivity index (χ1n) is 6.59. The van der Waals surface area contributed by atoms with Crippen molar-refractivity contribution in [2.45, 2.75) is 27.3 Å². The van der Waals surface area contributed by atoms with E-state index in [4.69, 9.17) is 10.5 Å². The van der Waals surface area contributed by atoms with E-state index in [9.17, 15) is 0 Å². The molecule has 0 aliphatic carbocycles. The van der Waals surface area contributed by atoms with Crippen LogP contribution in [0.2, 0.25) is 0 Å². The fourth-order valence-corrected chi connectivity index (χ4v) is 1.97. The normalized spacial score (nSPS) is 11.0. The van der Waals surface area contributed by atoms with Gasteiger partial charge in [-0.3, -0.25) is 5.10 Å². The number of benzene rings is 1. The van der Waals surface area contributed by atoms with E-state index in [2.05, 4.69) is 24.0 Å². The molecule has 102 valence electrons. The van der Waals surface area contributed by atoms with E-state index >= 15 is 0 Å². The van der Waals surface area contributed by atoms with E-state index in [0.717, 1.165) is 28.3 Å². The van der Waals surface area contributed by atoms with Crippen molar-refractivity contribution >= 4 is 0 Å². The Bertz CT molecular complexity index is 546. The maximum absolute atomic E-state index is 5.87. The number of aryl methyl sites for hydroxylation is 1. The average molecular weight is 259 g/mol. The molecule has 0 fully saturated rings. The van der Waals surface area contributed by atoms with Crippen LogP contribution < -0.4 is 10.5 Å². The Morgan fingerprint density at radius 3 is 2.74 bits per heavy atom. The molecule has 0 saturated heterocycles. The number of hydrogen-bond donors (Lipinski definition) is 2. The van der Waals surface area contributed by atoms with Crippen LogP contribution in [0.5, 0.6) is 5.75 Å². The van der Waals surface area contributed by atoms with Crippen molar-refractivity contribution < 1.29 is 4.74 Å². The fraction of sp³-hybridized carbons (Fsp3) is 0.400. The highest BCUT2D eigenvalue weighted by atomic mass is 16.5. The summed E-state index contributed by atoms with van der Waals surface area (Å²) in [6, 6.07) is 7.95. The Labute approximate surface area is 114 Å². The Hall–Kier alpha value is -1.81. The van der Waals surface area contributed by atoms with Crippen molar-refractivity contribution in [1.29, 1.82) is 0 Å². The summed E-state index contributed by atoms with van der Waals surface area (Å²) in [5.41, 5.74) is 9.74. The standard InChI is InChI=1S/C15H21N3O/c1-10(2)9-19-14-7-5-4-6-12(14)15-13(8-16)11(3)17-18-15/h4-7,10H,8-9,16H2,1-3H3,(H,17,18). The van der Waals surface area contributed by atoms with Gasteiger partial charge in [-0.1, -0.05) is 26.0 Å². The monoisotopic (exact) mass is 259 g/mol. The molecule has 4 heteroatoms. The van der Waals surface area contributed by atoms with Crippen LogP contribution in [0.4, 0.5) is 0 Å². The second-order valence-corrected chi connectivity index (χ2v) is 5.08. The number of hydrogen-bond acceptors (Lipinski definition) is 3. The molecule has 0 amide bonds. The zero-order valence-corrected chi connectivity index (χ0v) is 11.7. The first-order chi connectivity index (χ1) is 9.13. The van der Waals surface area contributed by atoms with Gasteiger partial charge in [0.2, 0.25) is 0 Å². The molecule has 0 aliphatic rings. The van der Waals surface area contributed by atoms with Gasteiger partial charge in [0, 0.05) is 23.4 Å². The van der Waals surface area contributed by atoms with Gasteiger partial charge in [0.05, 0.1) is 6.61 Å². The quantitative estimate of drug-likeness (QED) is 0.867. The van der Waals surface area contributed by atoms with E-state index < -0.39 is 0 Å². The minimum absolute atomic E-state index is 0.468. The zero-order valence-electron chi connectivity index (χ0n) is 11.7. The Balaban J connectivity index is 2.38. The molecule has 1 heterocycles. The lowest BCUT2D eigenvalue weighted by molar-refractivity contribution is 0.272. The number of nitrogens with zero attached hydrogens (tertiary/aromatic N) is 1. The molecule has 0 radical (unpaired) electrons. The maximum Gasteiger partial charge on any atom is 0.128 e. The molecule has 0 aliphatic heterocycles. The van der Waals surface area contributed by atoms with E-state index in [0.29, 0.717) is 19.1 Å². The van der Waals surface area contributed by atoms with Crippen LogP contribution in [0.25, 0.3) is 11.3 Å². The molecule has 4 nitrogen and oxygen atoms in total. The summed E-state index contributed by atoms with van der Waals surface area (Å²) in [4.78, 5) is 0. The zero-order chi connectivity index (χ0) is 13.8. The summed E-state index contributed by atoms with van der Waals surface area (Å²) in [6.45, 7) is 7.41. The van der Waals surface area contributed by atoms with Gasteiger partial charge in [-0.05, 0) is 25.0 Å². The summed E-state index contributed by atoms with van der Waals surface area (Å²) in [7, 11) is 0. The SMILES string of the molecule is Cc1[nH]nc(-c2ccccc2OCC(C)C)c1CN. The van der Waals surface area contributed by atoms with Gasteiger partial charge >= 0.3 is 0 Å². The van der Waals surface area contributed by atoms with Crippen molar-refractivity contribution in [3.8, 4) is 17.0 Å². The van der Waals surface area contributed by atoms with Crippen molar-refractivity contribution in [3.05, 3.63) is 35.5 Å². The molecule has 0 atom stereocenters. The second-order valence-electron chi connectivity index (χ2n) is 5.08. The molecule has 0 bridgehead atoms. The maximum atomic E-state index is 5.87. The molecule has 1 aromatic heterocycles. The smallest absolute Gasteiger partial charge is 0.128 e. The number of H-pyrrole nitrogens is 1. The lowest BCUT2D eigenvalue weighted by Crippen LogP contribution is -2.06. The Morgan fingerprint density at radius 2 is 2.05 bits per heavy atom. The average Bonchev–Trinajstić information content (AvgIpc) is 2.77. The predicted molar refractivity (Wildman–Crippen MR) is 77.0 cm³/mol. The second kappa shape index (κ2) is 5.89. The molecule has 0 unspecified atom stereocenters. The van der Waals surface area contributed by atoms with Crippen molar-refractivity contribution in [2.24, 2.45) is 11.7 Å². The highest BCUT2D eigenvalue weighted by Gasteiger charge is 2.15. The lowest BCUT2D eigenvalue weighted by Gasteiger charge is -2.12. The van der Waals surface area contributed by atoms with Gasteiger partial charge in [0.1, 0.15) is 11.4 Å². The predicted octanol–water partition coefficient (Wildman–Crippen LogP) is 2.88. The number of aromatic amines is 1. The topological polar surface area (TPSA) is 63.9 Å². The van der Waals surface area contributed by atoms with E-state index in [1.54, 1.807) is 0 Å². The minimum Gasteiger partial charge on any atom is -0.493 e. The number of para-hydroxylation sites is 1. The van der Waals surface area contributed by atoms with Crippen molar-refractivity contribution in [2.75, 3.05) is 6.61 Å². The third-order valence-electron chi connectivity index (χ3n) is 2.99. The molecule has 2 rings (SSSR count). The molecular formula is C15H21N3O. The molecule has 1 aromatic carbocycles. The molecule has 2 aromatic rings. The van der Waals surface area contributed by atoms with Crippen LogP contribution in [-0.4, -0.2) is 16.8 Å². The van der Waals surface area contributed by atoms with Crippen molar-refractivity contribution in [3.63, 3.8) is 0 Å². The van der Waals surface area contributed by atoms with Gasteiger partial charge in [0.15, 0.2) is 0 Å². The van der Waals surface area contributed by atoms with Gasteiger partial charge in [-0.25, -0.2) is 0 Å². The number of aromatic nitrogens is 2. The van der Waals surface area contributed by atoms with Crippen LogP contribution in [0.3, 0.4) is 0 Å². The Kier molecular flexibility index (Phi) is 4.22. The molecule has 0 spiro atoms. The van der Waals surface area contributed by atoms with Crippen LogP contribution in [0, 0.1) is 12.8 Å². The number of ether oxygens (including phenoxy) is 1. The lowest BCUT2D eigenvalue weighted by atomic mass is 10.1. The highest BCUT2D eigenvalue weighted by molar-refractivity contribution is 5.70. The van der Waals surface area contributed by atoms with E-state index in [1.807, 2.05) is 31.2 Å². The fourth-order valence-electron chi connectivity index (χ4n) is 1.97. The van der Waals surface area contributed by atoms with Gasteiger partial charge in [0.25, 0.3) is 0 Å². The van der Waals surface area contributed by atoms with Gasteiger partial charge in [-0.15, -0.1) is 0 Å². The third-order valence-corrected chi connectivity index (χ3v) is 2.99. The highest BCUT2D eigenvalue weighted by Crippen LogP contribution is 2.31. The van der Waals surface area contributed by atoms with Crippen LogP contribution in [-0.2, 0) is 6.54 Å². The van der Waals surface area contributed by atoms with Gasteiger partial charge in [-0.2, -0.15) is 5.10 Å². The van der Waals surface area contributed by atoms with Gasteiger partial charge < -0.3 is 10.5 Å². The van der Waals surface area contributed by atoms with Crippen LogP contribution in [0.15, 0.2) is 24.3 Å². The molecule has 3 N–H and O–H groups in total. The first-order valence-corrected chi connectivity index (χ1v) is 6.59. The Morgan fingerprint density at radius 1 is 1.32 bits per heavy atom. The largest absolute Gasteiger partial charge is 0.493 e. The van der Waals surface area contributed by atoms with E-state index in [1.165, 1.54) is 0 Å². The summed E-state index contributed by atoms with van der Waals surface area (Å²) < 4.78 is 5.87. The minimum atomic E-state index is 0.468. The molecule has 0 saturated carbocycles. The summed E-state index contributed by atoms with van der Waals surface area (Å²) in [5, 5.41) is 7.35. The first kappa shape index (κ1) is 13.6. The summed E-state index contributed by atoms with van der Waals surface area (Å²) >= 11 is 0. The summed E-state index contributed by atoms with van der Waals surface area (Å²) in [6.07, 6.45) is 0. The van der Waals surface area contributed by atoms with Crippen LogP contribution in [0.1, 0.15) is 25.1 Å². The number of nitrogens with one attached hydrogen (secondary N) is 1. The molecule has 19 heavy (non-hydrogen) atoms. The number of rotatable bonds is 5. The summed E-state index contributed by atoms with van der Waals surface area (Å²) in [5.74, 6) is 1.35.